The molecule has 8 heteroatoms. The van der Waals surface area contributed by atoms with Gasteiger partial charge in [0.05, 0.1) is 26.4 Å². The number of aliphatic carboxylic acids is 1. The second-order valence-corrected chi connectivity index (χ2v) is 7.41. The SMILES string of the molecule is O=C(O)C1COCCN1C(=O)c1cc(Br)sc1Br. The Balaban J connectivity index is 2.26. The third-order valence-corrected chi connectivity index (χ3v) is 4.90. The molecule has 0 spiro atoms. The molecule has 1 aliphatic rings. The van der Waals surface area contributed by atoms with Crippen molar-refractivity contribution in [3.05, 3.63) is 19.2 Å². The molecule has 0 radical (unpaired) electrons. The zero-order valence-corrected chi connectivity index (χ0v) is 13.0. The van der Waals surface area contributed by atoms with Crippen LogP contribution in [0.15, 0.2) is 13.6 Å². The molecule has 1 aromatic rings. The van der Waals surface area contributed by atoms with Gasteiger partial charge in [0.2, 0.25) is 0 Å². The standard InChI is InChI=1S/C10H9Br2NO4S/c11-7-3-5(8(12)18-7)9(14)13-1-2-17-4-6(13)10(15)16/h3,6H,1-2,4H2,(H,15,16). The van der Waals surface area contributed by atoms with Crippen LogP contribution in [0.3, 0.4) is 0 Å². The average Bonchev–Trinajstić information content (AvgIpc) is 2.67. The fourth-order valence-electron chi connectivity index (χ4n) is 1.69. The summed E-state index contributed by atoms with van der Waals surface area (Å²) in [5.74, 6) is -1.34. The monoisotopic (exact) mass is 397 g/mol. The van der Waals surface area contributed by atoms with Crippen molar-refractivity contribution in [1.82, 2.24) is 4.90 Å². The molecule has 0 saturated carbocycles. The van der Waals surface area contributed by atoms with Crippen LogP contribution in [0, 0.1) is 0 Å². The third-order valence-electron chi connectivity index (χ3n) is 2.56. The number of hydrogen-bond donors (Lipinski definition) is 1. The van der Waals surface area contributed by atoms with Gasteiger partial charge in [-0.2, -0.15) is 0 Å². The summed E-state index contributed by atoms with van der Waals surface area (Å²) in [4.78, 5) is 24.7. The van der Waals surface area contributed by atoms with Crippen LogP contribution in [0.25, 0.3) is 0 Å². The van der Waals surface area contributed by atoms with Gasteiger partial charge in [-0.25, -0.2) is 4.79 Å². The predicted molar refractivity (Wildman–Crippen MR) is 73.0 cm³/mol. The maximum absolute atomic E-state index is 12.3. The Bertz CT molecular complexity index is 490. The van der Waals surface area contributed by atoms with E-state index < -0.39 is 12.0 Å². The number of ether oxygens (including phenoxy) is 1. The number of morpholine rings is 1. The summed E-state index contributed by atoms with van der Waals surface area (Å²) in [5.41, 5.74) is 0.472. The number of carboxylic acid groups (broad SMARTS) is 1. The summed E-state index contributed by atoms with van der Waals surface area (Å²) < 4.78 is 6.61. The van der Waals surface area contributed by atoms with E-state index in [1.807, 2.05) is 0 Å². The average molecular weight is 399 g/mol. The zero-order valence-electron chi connectivity index (χ0n) is 9.06. The van der Waals surface area contributed by atoms with Crippen LogP contribution < -0.4 is 0 Å². The van der Waals surface area contributed by atoms with Crippen molar-refractivity contribution in [2.75, 3.05) is 19.8 Å². The molecule has 1 aromatic heterocycles. The lowest BCUT2D eigenvalue weighted by Crippen LogP contribution is -2.52. The molecule has 0 bridgehead atoms. The molecule has 1 aliphatic heterocycles. The number of halogens is 2. The highest BCUT2D eigenvalue weighted by Gasteiger charge is 2.34. The normalized spacial score (nSPS) is 19.9. The first-order chi connectivity index (χ1) is 8.50. The van der Waals surface area contributed by atoms with Crippen LogP contribution in [-0.2, 0) is 9.53 Å². The number of carbonyl (C=O) groups excluding carboxylic acids is 1. The largest absolute Gasteiger partial charge is 0.480 e. The number of carboxylic acids is 1. The van der Waals surface area contributed by atoms with E-state index in [1.165, 1.54) is 16.2 Å². The Morgan fingerprint density at radius 1 is 1.50 bits per heavy atom. The summed E-state index contributed by atoms with van der Waals surface area (Å²) >= 11 is 7.98. The highest BCUT2D eigenvalue weighted by Crippen LogP contribution is 2.33. The minimum atomic E-state index is -1.05. The summed E-state index contributed by atoms with van der Waals surface area (Å²) in [5, 5.41) is 9.09. The van der Waals surface area contributed by atoms with Gasteiger partial charge in [0.15, 0.2) is 6.04 Å². The molecule has 1 N–H and O–H groups in total. The number of amides is 1. The van der Waals surface area contributed by atoms with Gasteiger partial charge in [-0.05, 0) is 37.9 Å². The maximum atomic E-state index is 12.3. The van der Waals surface area contributed by atoms with Gasteiger partial charge < -0.3 is 14.7 Å². The van der Waals surface area contributed by atoms with Crippen LogP contribution in [0.2, 0.25) is 0 Å². The number of rotatable bonds is 2. The number of hydrogen-bond acceptors (Lipinski definition) is 4. The van der Waals surface area contributed by atoms with Gasteiger partial charge >= 0.3 is 5.97 Å². The molecule has 0 aromatic carbocycles. The highest BCUT2D eigenvalue weighted by molar-refractivity contribution is 9.12. The Morgan fingerprint density at radius 3 is 2.78 bits per heavy atom. The van der Waals surface area contributed by atoms with E-state index in [0.29, 0.717) is 16.0 Å². The molecular formula is C10H9Br2NO4S. The topological polar surface area (TPSA) is 66.8 Å². The lowest BCUT2D eigenvalue weighted by molar-refractivity contribution is -0.147. The molecule has 5 nitrogen and oxygen atoms in total. The summed E-state index contributed by atoms with van der Waals surface area (Å²) in [7, 11) is 0. The van der Waals surface area contributed by atoms with Crippen molar-refractivity contribution < 1.29 is 19.4 Å². The molecule has 2 heterocycles. The second-order valence-electron chi connectivity index (χ2n) is 3.67. The first-order valence-corrected chi connectivity index (χ1v) is 7.47. The Labute approximate surface area is 124 Å². The van der Waals surface area contributed by atoms with Crippen LogP contribution in [0.5, 0.6) is 0 Å². The molecule has 1 unspecified atom stereocenters. The van der Waals surface area contributed by atoms with E-state index in [2.05, 4.69) is 31.9 Å². The van der Waals surface area contributed by atoms with Crippen molar-refractivity contribution >= 4 is 55.1 Å². The third kappa shape index (κ3) is 2.76. The molecule has 0 aliphatic carbocycles. The van der Waals surface area contributed by atoms with Crippen molar-refractivity contribution in [3.63, 3.8) is 0 Å². The minimum Gasteiger partial charge on any atom is -0.480 e. The molecule has 2 rings (SSSR count). The van der Waals surface area contributed by atoms with Gasteiger partial charge in [-0.15, -0.1) is 11.3 Å². The molecule has 1 atom stereocenters. The fraction of sp³-hybridized carbons (Fsp3) is 0.400. The minimum absolute atomic E-state index is 0.0317. The smallest absolute Gasteiger partial charge is 0.328 e. The molecular weight excluding hydrogens is 390 g/mol. The lowest BCUT2D eigenvalue weighted by Gasteiger charge is -2.32. The van der Waals surface area contributed by atoms with E-state index in [4.69, 9.17) is 9.84 Å². The van der Waals surface area contributed by atoms with E-state index in [0.717, 1.165) is 3.79 Å². The van der Waals surface area contributed by atoms with Crippen molar-refractivity contribution in [1.29, 1.82) is 0 Å². The van der Waals surface area contributed by atoms with Gasteiger partial charge in [0.1, 0.15) is 0 Å². The molecule has 1 amide bonds. The molecule has 1 fully saturated rings. The van der Waals surface area contributed by atoms with E-state index in [9.17, 15) is 9.59 Å². The fourth-order valence-corrected chi connectivity index (χ4v) is 4.47. The molecule has 98 valence electrons. The van der Waals surface area contributed by atoms with Crippen molar-refractivity contribution in [2.45, 2.75) is 6.04 Å². The van der Waals surface area contributed by atoms with E-state index >= 15 is 0 Å². The van der Waals surface area contributed by atoms with E-state index in [1.54, 1.807) is 6.07 Å². The van der Waals surface area contributed by atoms with Gasteiger partial charge in [0, 0.05) is 6.54 Å². The van der Waals surface area contributed by atoms with Crippen LogP contribution >= 0.6 is 43.2 Å². The Kier molecular flexibility index (Phi) is 4.41. The quantitative estimate of drug-likeness (QED) is 0.829. The van der Waals surface area contributed by atoms with E-state index in [-0.39, 0.29) is 19.1 Å². The van der Waals surface area contributed by atoms with Crippen LogP contribution in [-0.4, -0.2) is 47.7 Å². The maximum Gasteiger partial charge on any atom is 0.328 e. The number of carbonyl (C=O) groups is 2. The summed E-state index contributed by atoms with van der Waals surface area (Å²) in [6, 6.07) is 0.766. The second kappa shape index (κ2) is 5.68. The Hall–Kier alpha value is -0.440. The van der Waals surface area contributed by atoms with Gasteiger partial charge in [-0.1, -0.05) is 0 Å². The van der Waals surface area contributed by atoms with Crippen LogP contribution in [0.1, 0.15) is 10.4 Å². The van der Waals surface area contributed by atoms with Crippen LogP contribution in [0.4, 0.5) is 0 Å². The summed E-state index contributed by atoms with van der Waals surface area (Å²) in [6.07, 6.45) is 0. The van der Waals surface area contributed by atoms with Crippen molar-refractivity contribution in [2.24, 2.45) is 0 Å². The number of thiophene rings is 1. The zero-order chi connectivity index (χ0) is 13.3. The summed E-state index contributed by atoms with van der Waals surface area (Å²) in [6.45, 7) is 0.679. The predicted octanol–water partition coefficient (Wildman–Crippen LogP) is 2.20. The van der Waals surface area contributed by atoms with Gasteiger partial charge in [-0.3, -0.25) is 4.79 Å². The number of nitrogens with zero attached hydrogens (tertiary/aromatic N) is 1. The molecule has 18 heavy (non-hydrogen) atoms. The Morgan fingerprint density at radius 2 is 2.22 bits per heavy atom. The first-order valence-electron chi connectivity index (χ1n) is 5.07. The lowest BCUT2D eigenvalue weighted by atomic mass is 10.2. The first kappa shape index (κ1) is 14.0. The van der Waals surface area contributed by atoms with Gasteiger partial charge in [0.25, 0.3) is 5.91 Å². The molecule has 1 saturated heterocycles. The highest BCUT2D eigenvalue weighted by atomic mass is 79.9. The van der Waals surface area contributed by atoms with Crippen molar-refractivity contribution in [3.8, 4) is 0 Å².